The summed E-state index contributed by atoms with van der Waals surface area (Å²) in [7, 11) is 0. The van der Waals surface area contributed by atoms with Gasteiger partial charge in [0.05, 0.1) is 10.9 Å². The van der Waals surface area contributed by atoms with E-state index in [1.807, 2.05) is 28.8 Å². The molecule has 3 aliphatic rings. The van der Waals surface area contributed by atoms with Crippen LogP contribution in [0.1, 0.15) is 42.1 Å². The van der Waals surface area contributed by atoms with E-state index in [9.17, 15) is 4.79 Å². The molecule has 5 heteroatoms. The molecule has 1 aromatic carbocycles. The van der Waals surface area contributed by atoms with Gasteiger partial charge >= 0.3 is 0 Å². The lowest BCUT2D eigenvalue weighted by atomic mass is 9.92. The number of thioether (sulfide) groups is 1. The number of hydrogen-bond acceptors (Lipinski definition) is 4. The maximum absolute atomic E-state index is 12.7. The number of likely N-dealkylation sites (tertiary alicyclic amines) is 1. The summed E-state index contributed by atoms with van der Waals surface area (Å²) in [6.45, 7) is 6.50. The highest BCUT2D eigenvalue weighted by Gasteiger charge is 2.51. The van der Waals surface area contributed by atoms with Crippen molar-refractivity contribution in [3.63, 3.8) is 0 Å². The number of nitrogens with zero attached hydrogens (tertiary/aromatic N) is 1. The molecule has 0 unspecified atom stereocenters. The fourth-order valence-corrected chi connectivity index (χ4v) is 5.73. The Kier molecular flexibility index (Phi) is 5.58. The van der Waals surface area contributed by atoms with Crippen LogP contribution in [0.3, 0.4) is 0 Å². The molecule has 0 radical (unpaired) electrons. The second-order valence-corrected chi connectivity index (χ2v) is 9.41. The van der Waals surface area contributed by atoms with E-state index in [1.165, 1.54) is 5.56 Å². The molecule has 0 aliphatic carbocycles. The molecule has 3 fully saturated rings. The van der Waals surface area contributed by atoms with E-state index in [-0.39, 0.29) is 10.7 Å². The number of carbonyl (C=O) groups is 1. The average molecular weight is 376 g/mol. The minimum atomic E-state index is 0.172. The number of carbonyl (C=O) groups excluding carboxylic acids is 1. The van der Waals surface area contributed by atoms with Crippen molar-refractivity contribution >= 4 is 17.7 Å². The molecule has 4 rings (SSSR count). The Hall–Kier alpha value is -1.04. The standard InChI is InChI=1S/C21H29NO3S/c1-2-16-3-5-18(6-4-16)20(23)22-14-21(15-22)11-19(13-26-21)25-12-17-7-9-24-10-8-17/h3-6,17,19H,2,7-15H2,1H3/t19-/m1/s1. The summed E-state index contributed by atoms with van der Waals surface area (Å²) in [6, 6.07) is 8.06. The summed E-state index contributed by atoms with van der Waals surface area (Å²) in [5.74, 6) is 1.90. The van der Waals surface area contributed by atoms with Gasteiger partial charge in [0.1, 0.15) is 0 Å². The van der Waals surface area contributed by atoms with Crippen LogP contribution in [0.4, 0.5) is 0 Å². The van der Waals surface area contributed by atoms with Gasteiger partial charge in [-0.25, -0.2) is 0 Å². The molecule has 142 valence electrons. The van der Waals surface area contributed by atoms with Crippen molar-refractivity contribution in [3.8, 4) is 0 Å². The topological polar surface area (TPSA) is 38.8 Å². The SMILES string of the molecule is CCc1ccc(C(=O)N2CC3(C[C@@H](OCC4CCOCC4)CS3)C2)cc1. The van der Waals surface area contributed by atoms with Gasteiger partial charge in [-0.15, -0.1) is 11.8 Å². The molecule has 1 aromatic rings. The van der Waals surface area contributed by atoms with Gasteiger partial charge < -0.3 is 14.4 Å². The first-order valence-corrected chi connectivity index (χ1v) is 10.9. The van der Waals surface area contributed by atoms with Gasteiger partial charge in [0.2, 0.25) is 0 Å². The van der Waals surface area contributed by atoms with Crippen LogP contribution in [0, 0.1) is 5.92 Å². The van der Waals surface area contributed by atoms with Gasteiger partial charge in [-0.3, -0.25) is 4.79 Å². The second-order valence-electron chi connectivity index (χ2n) is 7.92. The maximum atomic E-state index is 12.7. The van der Waals surface area contributed by atoms with Crippen LogP contribution in [-0.4, -0.2) is 60.3 Å². The molecule has 1 amide bonds. The second kappa shape index (κ2) is 7.91. The highest BCUT2D eigenvalue weighted by molar-refractivity contribution is 8.01. The number of hydrogen-bond donors (Lipinski definition) is 0. The number of aryl methyl sites for hydroxylation is 1. The lowest BCUT2D eigenvalue weighted by Crippen LogP contribution is -2.60. The number of ether oxygens (including phenoxy) is 2. The monoisotopic (exact) mass is 375 g/mol. The molecule has 4 nitrogen and oxygen atoms in total. The lowest BCUT2D eigenvalue weighted by molar-refractivity contribution is -0.0118. The van der Waals surface area contributed by atoms with Gasteiger partial charge in [-0.1, -0.05) is 19.1 Å². The van der Waals surface area contributed by atoms with Gasteiger partial charge in [0, 0.05) is 44.2 Å². The Morgan fingerprint density at radius 2 is 2.00 bits per heavy atom. The van der Waals surface area contributed by atoms with Gasteiger partial charge in [-0.05, 0) is 49.3 Å². The Labute approximate surface area is 160 Å². The fraction of sp³-hybridized carbons (Fsp3) is 0.667. The zero-order valence-corrected chi connectivity index (χ0v) is 16.4. The van der Waals surface area contributed by atoms with E-state index in [4.69, 9.17) is 9.47 Å². The molecule has 3 aliphatic heterocycles. The molecule has 1 spiro atoms. The maximum Gasteiger partial charge on any atom is 0.253 e. The Morgan fingerprint density at radius 1 is 1.27 bits per heavy atom. The zero-order valence-electron chi connectivity index (χ0n) is 15.6. The van der Waals surface area contributed by atoms with Crippen LogP contribution in [-0.2, 0) is 15.9 Å². The average Bonchev–Trinajstić information content (AvgIpc) is 3.10. The number of amides is 1. The van der Waals surface area contributed by atoms with Crippen molar-refractivity contribution in [3.05, 3.63) is 35.4 Å². The predicted octanol–water partition coefficient (Wildman–Crippen LogP) is 3.39. The van der Waals surface area contributed by atoms with Crippen molar-refractivity contribution in [1.29, 1.82) is 0 Å². The normalized spacial score (nSPS) is 25.4. The smallest absolute Gasteiger partial charge is 0.253 e. The zero-order chi connectivity index (χ0) is 18.0. The first-order chi connectivity index (χ1) is 12.7. The van der Waals surface area contributed by atoms with Crippen molar-refractivity contribution in [1.82, 2.24) is 4.90 Å². The van der Waals surface area contributed by atoms with Crippen LogP contribution >= 0.6 is 11.8 Å². The third kappa shape index (κ3) is 3.95. The molecule has 26 heavy (non-hydrogen) atoms. The van der Waals surface area contributed by atoms with E-state index < -0.39 is 0 Å². The molecule has 0 aromatic heterocycles. The Morgan fingerprint density at radius 3 is 2.69 bits per heavy atom. The van der Waals surface area contributed by atoms with Gasteiger partial charge in [-0.2, -0.15) is 0 Å². The van der Waals surface area contributed by atoms with Crippen molar-refractivity contribution in [2.75, 3.05) is 38.7 Å². The molecule has 3 saturated heterocycles. The first-order valence-electron chi connectivity index (χ1n) is 9.89. The molecule has 0 bridgehead atoms. The van der Waals surface area contributed by atoms with Crippen LogP contribution < -0.4 is 0 Å². The van der Waals surface area contributed by atoms with Crippen LogP contribution in [0.2, 0.25) is 0 Å². The van der Waals surface area contributed by atoms with Crippen molar-refractivity contribution < 1.29 is 14.3 Å². The quantitative estimate of drug-likeness (QED) is 0.791. The highest BCUT2D eigenvalue weighted by Crippen LogP contribution is 2.46. The summed E-state index contributed by atoms with van der Waals surface area (Å²) in [5, 5.41) is 0. The molecular weight excluding hydrogens is 346 g/mol. The van der Waals surface area contributed by atoms with Crippen molar-refractivity contribution in [2.45, 2.75) is 43.5 Å². The van der Waals surface area contributed by atoms with Crippen LogP contribution in [0.15, 0.2) is 24.3 Å². The molecule has 0 N–H and O–H groups in total. The summed E-state index contributed by atoms with van der Waals surface area (Å²) in [4.78, 5) is 14.6. The van der Waals surface area contributed by atoms with Gasteiger partial charge in [0.25, 0.3) is 5.91 Å². The largest absolute Gasteiger partial charge is 0.381 e. The molecular formula is C21H29NO3S. The fourth-order valence-electron chi connectivity index (χ4n) is 4.17. The minimum absolute atomic E-state index is 0.172. The van der Waals surface area contributed by atoms with E-state index in [0.717, 1.165) is 69.9 Å². The molecule has 1 atom stereocenters. The van der Waals surface area contributed by atoms with E-state index in [2.05, 4.69) is 19.1 Å². The summed E-state index contributed by atoms with van der Waals surface area (Å²) in [6.07, 6.45) is 4.70. The third-order valence-corrected chi connectivity index (χ3v) is 7.51. The summed E-state index contributed by atoms with van der Waals surface area (Å²) < 4.78 is 11.9. The van der Waals surface area contributed by atoms with E-state index in [1.54, 1.807) is 0 Å². The molecule has 3 heterocycles. The summed E-state index contributed by atoms with van der Waals surface area (Å²) in [5.41, 5.74) is 2.09. The predicted molar refractivity (Wildman–Crippen MR) is 105 cm³/mol. The Bertz CT molecular complexity index is 621. The number of benzene rings is 1. The Balaban J connectivity index is 1.24. The minimum Gasteiger partial charge on any atom is -0.381 e. The third-order valence-electron chi connectivity index (χ3n) is 5.94. The highest BCUT2D eigenvalue weighted by atomic mass is 32.2. The number of rotatable bonds is 5. The van der Waals surface area contributed by atoms with Crippen LogP contribution in [0.25, 0.3) is 0 Å². The van der Waals surface area contributed by atoms with E-state index in [0.29, 0.717) is 12.0 Å². The summed E-state index contributed by atoms with van der Waals surface area (Å²) >= 11 is 2.01. The van der Waals surface area contributed by atoms with Crippen LogP contribution in [0.5, 0.6) is 0 Å². The van der Waals surface area contributed by atoms with E-state index >= 15 is 0 Å². The first kappa shape index (κ1) is 18.3. The van der Waals surface area contributed by atoms with Crippen molar-refractivity contribution in [2.24, 2.45) is 5.92 Å². The molecule has 0 saturated carbocycles. The lowest BCUT2D eigenvalue weighted by Gasteiger charge is -2.47. The van der Waals surface area contributed by atoms with Gasteiger partial charge in [0.15, 0.2) is 0 Å².